The highest BCUT2D eigenvalue weighted by atomic mass is 19.1. The van der Waals surface area contributed by atoms with Gasteiger partial charge in [-0.3, -0.25) is 9.59 Å². The third-order valence-electron chi connectivity index (χ3n) is 5.44. The number of piperidine rings is 1. The molecule has 1 aliphatic heterocycles. The third kappa shape index (κ3) is 4.04. The lowest BCUT2D eigenvalue weighted by Crippen LogP contribution is -2.44. The van der Waals surface area contributed by atoms with Gasteiger partial charge in [0, 0.05) is 31.6 Å². The third-order valence-corrected chi connectivity index (χ3v) is 5.44. The van der Waals surface area contributed by atoms with Gasteiger partial charge in [-0.2, -0.15) is 0 Å². The van der Waals surface area contributed by atoms with Crippen LogP contribution in [0.2, 0.25) is 0 Å². The van der Waals surface area contributed by atoms with Gasteiger partial charge in [0.1, 0.15) is 12.1 Å². The first-order valence-corrected chi connectivity index (χ1v) is 9.48. The molecular weight excluding hydrogens is 347 g/mol. The molecule has 0 unspecified atom stereocenters. The van der Waals surface area contributed by atoms with Gasteiger partial charge in [-0.05, 0) is 49.4 Å². The van der Waals surface area contributed by atoms with E-state index in [0.29, 0.717) is 44.1 Å². The van der Waals surface area contributed by atoms with Crippen molar-refractivity contribution in [1.82, 2.24) is 9.80 Å². The molecule has 1 aliphatic carbocycles. The van der Waals surface area contributed by atoms with Crippen LogP contribution in [0, 0.1) is 11.7 Å². The number of carbonyl (C=O) groups excluding carboxylic acids is 2. The van der Waals surface area contributed by atoms with Gasteiger partial charge in [-0.15, -0.1) is 0 Å². The summed E-state index contributed by atoms with van der Waals surface area (Å²) in [6.07, 6.45) is 6.36. The quantitative estimate of drug-likeness (QED) is 0.810. The topological polar surface area (TPSA) is 53.8 Å². The van der Waals surface area contributed by atoms with Gasteiger partial charge in [0.25, 0.3) is 5.91 Å². The second kappa shape index (κ2) is 7.55. The number of likely N-dealkylation sites (tertiary alicyclic amines) is 1. The van der Waals surface area contributed by atoms with Crippen molar-refractivity contribution < 1.29 is 18.4 Å². The van der Waals surface area contributed by atoms with Crippen molar-refractivity contribution in [2.24, 2.45) is 5.92 Å². The number of benzene rings is 1. The average molecular weight is 370 g/mol. The number of furan rings is 1. The molecule has 142 valence electrons. The van der Waals surface area contributed by atoms with E-state index in [0.717, 1.165) is 18.4 Å². The molecule has 0 N–H and O–H groups in total. The van der Waals surface area contributed by atoms with E-state index < -0.39 is 0 Å². The van der Waals surface area contributed by atoms with Crippen molar-refractivity contribution in [3.8, 4) is 0 Å². The first-order valence-electron chi connectivity index (χ1n) is 9.48. The Morgan fingerprint density at radius 2 is 1.78 bits per heavy atom. The standard InChI is InChI=1S/C21H23FN2O3/c22-18-3-1-15(2-4-18)13-24(19-5-6-19)21(26)16-7-10-23(11-8-16)20(25)17-9-12-27-14-17/h1-4,9,12,14,16,19H,5-8,10-11,13H2. The zero-order valence-corrected chi connectivity index (χ0v) is 15.1. The molecule has 0 bridgehead atoms. The fourth-order valence-electron chi connectivity index (χ4n) is 3.69. The van der Waals surface area contributed by atoms with Crippen molar-refractivity contribution in [1.29, 1.82) is 0 Å². The van der Waals surface area contributed by atoms with Crippen LogP contribution in [0.3, 0.4) is 0 Å². The van der Waals surface area contributed by atoms with E-state index in [2.05, 4.69) is 0 Å². The Morgan fingerprint density at radius 1 is 1.07 bits per heavy atom. The summed E-state index contributed by atoms with van der Waals surface area (Å²) in [4.78, 5) is 29.2. The Balaban J connectivity index is 1.37. The van der Waals surface area contributed by atoms with Gasteiger partial charge >= 0.3 is 0 Å². The van der Waals surface area contributed by atoms with Gasteiger partial charge < -0.3 is 14.2 Å². The molecule has 2 aromatic rings. The van der Waals surface area contributed by atoms with E-state index in [4.69, 9.17) is 4.42 Å². The summed E-state index contributed by atoms with van der Waals surface area (Å²) in [5.74, 6) is -0.200. The molecule has 2 fully saturated rings. The van der Waals surface area contributed by atoms with Crippen LogP contribution in [0.25, 0.3) is 0 Å². The highest BCUT2D eigenvalue weighted by Gasteiger charge is 2.37. The lowest BCUT2D eigenvalue weighted by atomic mass is 9.94. The SMILES string of the molecule is O=C(c1ccoc1)N1CCC(C(=O)N(Cc2ccc(F)cc2)C2CC2)CC1. The zero-order valence-electron chi connectivity index (χ0n) is 15.1. The number of halogens is 1. The normalized spacial score (nSPS) is 17.7. The van der Waals surface area contributed by atoms with E-state index in [1.807, 2.05) is 4.90 Å². The number of nitrogens with zero attached hydrogens (tertiary/aromatic N) is 2. The Labute approximate surface area is 157 Å². The Hall–Kier alpha value is -2.63. The summed E-state index contributed by atoms with van der Waals surface area (Å²) in [5.41, 5.74) is 1.50. The summed E-state index contributed by atoms with van der Waals surface area (Å²) in [6.45, 7) is 1.68. The number of carbonyl (C=O) groups is 2. The van der Waals surface area contributed by atoms with Crippen LogP contribution in [0.5, 0.6) is 0 Å². The number of rotatable bonds is 5. The van der Waals surface area contributed by atoms with Crippen molar-refractivity contribution >= 4 is 11.8 Å². The highest BCUT2D eigenvalue weighted by molar-refractivity contribution is 5.94. The molecule has 0 atom stereocenters. The van der Waals surface area contributed by atoms with Gasteiger partial charge in [0.2, 0.25) is 5.91 Å². The van der Waals surface area contributed by atoms with Crippen LogP contribution < -0.4 is 0 Å². The van der Waals surface area contributed by atoms with Gasteiger partial charge in [-0.25, -0.2) is 4.39 Å². The van der Waals surface area contributed by atoms with Gasteiger partial charge in [0.05, 0.1) is 11.8 Å². The van der Waals surface area contributed by atoms with Crippen molar-refractivity contribution in [3.05, 3.63) is 59.8 Å². The number of hydrogen-bond acceptors (Lipinski definition) is 3. The van der Waals surface area contributed by atoms with Crippen molar-refractivity contribution in [3.63, 3.8) is 0 Å². The monoisotopic (exact) mass is 370 g/mol. The molecule has 2 amide bonds. The predicted molar refractivity (Wildman–Crippen MR) is 97.3 cm³/mol. The molecule has 0 spiro atoms. The minimum atomic E-state index is -0.266. The summed E-state index contributed by atoms with van der Waals surface area (Å²) < 4.78 is 18.1. The second-order valence-corrected chi connectivity index (χ2v) is 7.40. The van der Waals surface area contributed by atoms with Crippen molar-refractivity contribution in [2.75, 3.05) is 13.1 Å². The minimum absolute atomic E-state index is 0.0417. The molecule has 27 heavy (non-hydrogen) atoms. The second-order valence-electron chi connectivity index (χ2n) is 7.40. The van der Waals surface area contributed by atoms with E-state index in [1.165, 1.54) is 24.7 Å². The Bertz CT molecular complexity index is 791. The number of amides is 2. The van der Waals surface area contributed by atoms with E-state index in [1.54, 1.807) is 23.1 Å². The molecule has 1 aromatic heterocycles. The van der Waals surface area contributed by atoms with Crippen LogP contribution in [0.1, 0.15) is 41.6 Å². The lowest BCUT2D eigenvalue weighted by molar-refractivity contribution is -0.138. The zero-order chi connectivity index (χ0) is 18.8. The Kier molecular flexibility index (Phi) is 4.97. The van der Waals surface area contributed by atoms with Gasteiger partial charge in [0.15, 0.2) is 0 Å². The van der Waals surface area contributed by atoms with Crippen LogP contribution in [0.4, 0.5) is 4.39 Å². The predicted octanol–water partition coefficient (Wildman–Crippen LogP) is 3.46. The molecule has 2 heterocycles. The van der Waals surface area contributed by atoms with E-state index in [-0.39, 0.29) is 23.5 Å². The average Bonchev–Trinajstić information content (AvgIpc) is 3.39. The van der Waals surface area contributed by atoms with Crippen LogP contribution in [-0.2, 0) is 11.3 Å². The minimum Gasteiger partial charge on any atom is -0.472 e. The molecule has 6 heteroatoms. The fraction of sp³-hybridized carbons (Fsp3) is 0.429. The maximum Gasteiger partial charge on any atom is 0.257 e. The lowest BCUT2D eigenvalue weighted by Gasteiger charge is -2.34. The highest BCUT2D eigenvalue weighted by Crippen LogP contribution is 2.32. The molecule has 1 saturated carbocycles. The first kappa shape index (κ1) is 17.8. The maximum atomic E-state index is 13.1. The summed E-state index contributed by atoms with van der Waals surface area (Å²) >= 11 is 0. The maximum absolute atomic E-state index is 13.1. The van der Waals surface area contributed by atoms with Crippen LogP contribution in [-0.4, -0.2) is 40.7 Å². The molecule has 0 radical (unpaired) electrons. The summed E-state index contributed by atoms with van der Waals surface area (Å²) in [7, 11) is 0. The summed E-state index contributed by atoms with van der Waals surface area (Å²) in [6, 6.07) is 8.31. The molecule has 1 aromatic carbocycles. The van der Waals surface area contributed by atoms with Crippen LogP contribution >= 0.6 is 0 Å². The van der Waals surface area contributed by atoms with Crippen molar-refractivity contribution in [2.45, 2.75) is 38.3 Å². The smallest absolute Gasteiger partial charge is 0.257 e. The molecule has 1 saturated heterocycles. The molecule has 5 nitrogen and oxygen atoms in total. The number of hydrogen-bond donors (Lipinski definition) is 0. The first-order chi connectivity index (χ1) is 13.1. The largest absolute Gasteiger partial charge is 0.472 e. The Morgan fingerprint density at radius 3 is 2.37 bits per heavy atom. The molecule has 4 rings (SSSR count). The van der Waals surface area contributed by atoms with Gasteiger partial charge in [-0.1, -0.05) is 12.1 Å². The fourth-order valence-corrected chi connectivity index (χ4v) is 3.69. The van der Waals surface area contributed by atoms with Crippen LogP contribution in [0.15, 0.2) is 47.3 Å². The van der Waals surface area contributed by atoms with E-state index in [9.17, 15) is 14.0 Å². The van der Waals surface area contributed by atoms with E-state index >= 15 is 0 Å². The summed E-state index contributed by atoms with van der Waals surface area (Å²) in [5, 5.41) is 0. The molecular formula is C21H23FN2O3. The molecule has 2 aliphatic rings.